The molecular weight excluding hydrogens is 461 g/mol. The Morgan fingerprint density at radius 1 is 1.18 bits per heavy atom. The van der Waals surface area contributed by atoms with E-state index in [1.165, 1.54) is 20.9 Å². The topological polar surface area (TPSA) is 110 Å². The summed E-state index contributed by atoms with van der Waals surface area (Å²) in [5, 5.41) is 4.02. The van der Waals surface area contributed by atoms with Crippen molar-refractivity contribution in [1.82, 2.24) is 9.29 Å². The van der Waals surface area contributed by atoms with Gasteiger partial charge in [-0.05, 0) is 56.7 Å². The van der Waals surface area contributed by atoms with Crippen molar-refractivity contribution in [3.63, 3.8) is 0 Å². The number of rotatable bonds is 10. The molecule has 0 unspecified atom stereocenters. The fourth-order valence-corrected chi connectivity index (χ4v) is 5.91. The number of halogens is 1. The number of unbranched alkanes of at least 4 members (excludes halogenated alkanes) is 2. The highest BCUT2D eigenvalue weighted by Crippen LogP contribution is 2.30. The number of fused-ring (bicyclic) bond motifs is 1. The zero-order valence-corrected chi connectivity index (χ0v) is 20.1. The Labute approximate surface area is 199 Å². The van der Waals surface area contributed by atoms with Crippen LogP contribution in [0.5, 0.6) is 5.75 Å². The molecule has 0 spiro atoms. The Balaban J connectivity index is 1.22. The number of ether oxygens (including phenoxy) is 1. The Morgan fingerprint density at radius 3 is 2.82 bits per heavy atom. The van der Waals surface area contributed by atoms with Crippen molar-refractivity contribution in [3.8, 4) is 5.75 Å². The summed E-state index contributed by atoms with van der Waals surface area (Å²) in [5.41, 5.74) is 8.27. The first-order valence-electron chi connectivity index (χ1n) is 11.5. The summed E-state index contributed by atoms with van der Waals surface area (Å²) in [6.07, 6.45) is 5.12. The number of pyridine rings is 1. The van der Waals surface area contributed by atoms with Crippen LogP contribution in [0.1, 0.15) is 43.7 Å². The van der Waals surface area contributed by atoms with Gasteiger partial charge in [-0.3, -0.25) is 4.31 Å². The van der Waals surface area contributed by atoms with Crippen LogP contribution in [0.3, 0.4) is 0 Å². The Kier molecular flexibility index (Phi) is 7.52. The van der Waals surface area contributed by atoms with Crippen molar-refractivity contribution in [2.24, 2.45) is 5.16 Å². The molecule has 184 valence electrons. The molecule has 9 nitrogen and oxygen atoms in total. The average molecular weight is 492 g/mol. The molecule has 0 amide bonds. The number of aryl methyl sites for hydroxylation is 1. The van der Waals surface area contributed by atoms with Crippen LogP contribution >= 0.6 is 0 Å². The molecule has 1 saturated heterocycles. The highest BCUT2D eigenvalue weighted by atomic mass is 32.2. The molecule has 0 bridgehead atoms. The summed E-state index contributed by atoms with van der Waals surface area (Å²) in [6, 6.07) is 6.46. The predicted octanol–water partition coefficient (Wildman–Crippen LogP) is 3.11. The maximum atomic E-state index is 14.6. The fourth-order valence-electron chi connectivity index (χ4n) is 4.26. The Bertz CT molecular complexity index is 1160. The van der Waals surface area contributed by atoms with Crippen molar-refractivity contribution < 1.29 is 22.4 Å². The van der Waals surface area contributed by atoms with E-state index in [-0.39, 0.29) is 11.6 Å². The zero-order chi connectivity index (χ0) is 24.1. The molecule has 0 radical (unpaired) electrons. The van der Waals surface area contributed by atoms with E-state index in [0.717, 1.165) is 18.4 Å². The van der Waals surface area contributed by atoms with Crippen LogP contribution in [0.15, 0.2) is 35.6 Å². The molecule has 0 atom stereocenters. The summed E-state index contributed by atoms with van der Waals surface area (Å²) in [7, 11) is -3.56. The lowest BCUT2D eigenvalue weighted by atomic mass is 10.1. The van der Waals surface area contributed by atoms with E-state index in [9.17, 15) is 12.8 Å². The lowest BCUT2D eigenvalue weighted by Crippen LogP contribution is -2.33. The minimum Gasteiger partial charge on any atom is -0.493 e. The van der Waals surface area contributed by atoms with Crippen LogP contribution in [0, 0.1) is 5.82 Å². The smallest absolute Gasteiger partial charge is 0.304 e. The van der Waals surface area contributed by atoms with Crippen LogP contribution < -0.4 is 14.8 Å². The molecule has 34 heavy (non-hydrogen) atoms. The zero-order valence-electron chi connectivity index (χ0n) is 19.2. The minimum atomic E-state index is -3.56. The number of nitrogen functional groups attached to an aromatic ring is 1. The maximum absolute atomic E-state index is 14.6. The van der Waals surface area contributed by atoms with Crippen LogP contribution in [0.4, 0.5) is 15.9 Å². The predicted molar refractivity (Wildman–Crippen MR) is 129 cm³/mol. The van der Waals surface area contributed by atoms with Gasteiger partial charge in [0.05, 0.1) is 18.0 Å². The molecule has 2 N–H and O–H groups in total. The number of benzene rings is 1. The van der Waals surface area contributed by atoms with E-state index >= 15 is 0 Å². The second-order valence-electron chi connectivity index (χ2n) is 8.22. The second kappa shape index (κ2) is 10.6. The van der Waals surface area contributed by atoms with Crippen molar-refractivity contribution in [1.29, 1.82) is 0 Å². The highest BCUT2D eigenvalue weighted by Gasteiger charge is 2.36. The quantitative estimate of drug-likeness (QED) is 0.404. The first-order valence-corrected chi connectivity index (χ1v) is 12.9. The van der Waals surface area contributed by atoms with Crippen LogP contribution in [0.25, 0.3) is 0 Å². The summed E-state index contributed by atoms with van der Waals surface area (Å²) in [4.78, 5) is 9.00. The van der Waals surface area contributed by atoms with E-state index in [1.807, 2.05) is 13.0 Å². The van der Waals surface area contributed by atoms with E-state index in [4.69, 9.17) is 15.3 Å². The van der Waals surface area contributed by atoms with Gasteiger partial charge in [0.15, 0.2) is 0 Å². The van der Waals surface area contributed by atoms with Crippen molar-refractivity contribution >= 4 is 27.4 Å². The highest BCUT2D eigenvalue weighted by molar-refractivity contribution is 7.90. The van der Waals surface area contributed by atoms with E-state index in [2.05, 4.69) is 10.1 Å². The number of hydrogen-bond donors (Lipinski definition) is 1. The monoisotopic (exact) mass is 491 g/mol. The lowest BCUT2D eigenvalue weighted by Gasteiger charge is -2.20. The normalized spacial score (nSPS) is 18.4. The molecule has 0 saturated carbocycles. The van der Waals surface area contributed by atoms with Gasteiger partial charge < -0.3 is 15.3 Å². The van der Waals surface area contributed by atoms with Gasteiger partial charge >= 0.3 is 10.2 Å². The van der Waals surface area contributed by atoms with Crippen molar-refractivity contribution in [3.05, 3.63) is 47.4 Å². The molecule has 1 aromatic carbocycles. The third kappa shape index (κ3) is 5.25. The third-order valence-electron chi connectivity index (χ3n) is 5.90. The maximum Gasteiger partial charge on any atom is 0.304 e. The van der Waals surface area contributed by atoms with Gasteiger partial charge in [-0.15, -0.1) is 0 Å². The fraction of sp³-hybridized carbons (Fsp3) is 0.478. The third-order valence-corrected chi connectivity index (χ3v) is 7.87. The van der Waals surface area contributed by atoms with E-state index in [0.29, 0.717) is 74.8 Å². The number of anilines is 2. The molecule has 1 aliphatic heterocycles. The standard InChI is InChI=1S/C23H30FN5O4S/c1-2-33-27-21-7-6-17-14-19(16-20(24)23(17)21)32-13-5-3-4-10-28-11-12-29(34(28,30)31)18-8-9-26-22(25)15-18/h8-9,14-16H,2-7,10-13H2,1H3,(H2,25,26). The molecule has 2 aliphatic rings. The van der Waals surface area contributed by atoms with Crippen molar-refractivity contribution in [2.45, 2.75) is 39.0 Å². The van der Waals surface area contributed by atoms with Crippen molar-refractivity contribution in [2.75, 3.05) is 42.9 Å². The molecule has 1 aromatic heterocycles. The summed E-state index contributed by atoms with van der Waals surface area (Å²) >= 11 is 0. The molecule has 11 heteroatoms. The lowest BCUT2D eigenvalue weighted by molar-refractivity contribution is 0.158. The number of nitrogens with two attached hydrogens (primary N) is 1. The van der Waals surface area contributed by atoms with E-state index in [1.54, 1.807) is 12.1 Å². The van der Waals surface area contributed by atoms with Gasteiger partial charge in [-0.25, -0.2) is 9.37 Å². The minimum absolute atomic E-state index is 0.286. The average Bonchev–Trinajstić information content (AvgIpc) is 3.34. The Hall–Kier alpha value is -2.92. The molecule has 4 rings (SSSR count). The van der Waals surface area contributed by atoms with Gasteiger partial charge in [0.1, 0.15) is 24.0 Å². The SMILES string of the molecule is CCON=C1CCc2cc(OCCCCCN3CCN(c4ccnc(N)c4)S3(=O)=O)cc(F)c21. The summed E-state index contributed by atoms with van der Waals surface area (Å²) in [5.74, 6) is 0.444. The van der Waals surface area contributed by atoms with Crippen LogP contribution in [-0.4, -0.2) is 56.3 Å². The van der Waals surface area contributed by atoms with Gasteiger partial charge in [0.2, 0.25) is 0 Å². The molecule has 2 aromatic rings. The van der Waals surface area contributed by atoms with Gasteiger partial charge in [-0.2, -0.15) is 12.7 Å². The van der Waals surface area contributed by atoms with E-state index < -0.39 is 10.2 Å². The first kappa shape index (κ1) is 24.2. The molecule has 1 fully saturated rings. The van der Waals surface area contributed by atoms with Crippen LogP contribution in [-0.2, 0) is 21.5 Å². The van der Waals surface area contributed by atoms with Gasteiger partial charge in [0.25, 0.3) is 0 Å². The summed E-state index contributed by atoms with van der Waals surface area (Å²) in [6.45, 7) is 3.98. The largest absolute Gasteiger partial charge is 0.493 e. The number of oxime groups is 1. The van der Waals surface area contributed by atoms with Crippen LogP contribution in [0.2, 0.25) is 0 Å². The first-order chi connectivity index (χ1) is 16.4. The number of hydrogen-bond acceptors (Lipinski definition) is 7. The summed E-state index contributed by atoms with van der Waals surface area (Å²) < 4.78 is 48.9. The Morgan fingerprint density at radius 2 is 2.03 bits per heavy atom. The number of nitrogens with zero attached hydrogens (tertiary/aromatic N) is 4. The number of aromatic nitrogens is 1. The van der Waals surface area contributed by atoms with Gasteiger partial charge in [-0.1, -0.05) is 5.16 Å². The van der Waals surface area contributed by atoms with Gasteiger partial charge in [0, 0.05) is 43.5 Å². The molecule has 1 aliphatic carbocycles. The second-order valence-corrected chi connectivity index (χ2v) is 10.1. The molecular formula is C23H30FN5O4S. The molecule has 2 heterocycles.